The third-order valence-corrected chi connectivity index (χ3v) is 5.56. The number of benzene rings is 3. The number of aromatic nitrogens is 1. The largest absolute Gasteiger partial charge is 0.438 e. The van der Waals surface area contributed by atoms with Crippen LogP contribution < -0.4 is 5.32 Å². The second-order valence-corrected chi connectivity index (χ2v) is 7.62. The van der Waals surface area contributed by atoms with E-state index in [0.717, 1.165) is 12.5 Å². The maximum Gasteiger partial charge on any atom is 0.322 e. The first-order valence-corrected chi connectivity index (χ1v) is 10.2. The van der Waals surface area contributed by atoms with Crippen molar-refractivity contribution in [3.8, 4) is 11.1 Å². The number of urea groups is 1. The lowest BCUT2D eigenvalue weighted by molar-refractivity contribution is 0.198. The maximum absolute atomic E-state index is 14.2. The predicted molar refractivity (Wildman–Crippen MR) is 113 cm³/mol. The summed E-state index contributed by atoms with van der Waals surface area (Å²) in [5.41, 5.74) is 2.11. The highest BCUT2D eigenvalue weighted by atomic mass is 19.1. The summed E-state index contributed by atoms with van der Waals surface area (Å²) in [6.07, 6.45) is 1.36. The van der Waals surface area contributed by atoms with Crippen LogP contribution >= 0.6 is 0 Å². The molecular weight excluding hydrogens is 419 g/mol. The Kier molecular flexibility index (Phi) is 5.05. The molecule has 1 fully saturated rings. The van der Waals surface area contributed by atoms with Crippen molar-refractivity contribution in [1.82, 2.24) is 9.88 Å². The first-order chi connectivity index (χ1) is 15.5. The molecule has 5 rings (SSSR count). The lowest BCUT2D eigenvalue weighted by Gasteiger charge is -2.22. The Morgan fingerprint density at radius 2 is 1.88 bits per heavy atom. The number of carbonyl (C=O) groups excluding carboxylic acids is 1. The van der Waals surface area contributed by atoms with Crippen LogP contribution in [0, 0.1) is 17.5 Å². The Bertz CT molecular complexity index is 1320. The van der Waals surface area contributed by atoms with Gasteiger partial charge in [0.05, 0.1) is 5.69 Å². The molecule has 1 aliphatic rings. The van der Waals surface area contributed by atoms with Crippen molar-refractivity contribution in [2.75, 3.05) is 11.9 Å². The number of amides is 2. The average Bonchev–Trinajstić information content (AvgIpc) is 3.42. The lowest BCUT2D eigenvalue weighted by Crippen LogP contribution is -2.34. The van der Waals surface area contributed by atoms with Crippen molar-refractivity contribution in [3.63, 3.8) is 0 Å². The van der Waals surface area contributed by atoms with Crippen LogP contribution in [0.1, 0.15) is 24.8 Å². The van der Waals surface area contributed by atoms with Gasteiger partial charge < -0.3 is 14.6 Å². The number of carbonyl (C=O) groups is 1. The number of hydrogen-bond donors (Lipinski definition) is 1. The number of anilines is 1. The van der Waals surface area contributed by atoms with Gasteiger partial charge in [-0.25, -0.2) is 22.9 Å². The molecule has 1 aromatic heterocycles. The Morgan fingerprint density at radius 3 is 2.69 bits per heavy atom. The Hall–Kier alpha value is -3.81. The normalized spacial score (nSPS) is 16.0. The Labute approximate surface area is 181 Å². The number of hydrogen-bond acceptors (Lipinski definition) is 3. The minimum absolute atomic E-state index is 0.103. The van der Waals surface area contributed by atoms with Crippen LogP contribution in [0.25, 0.3) is 22.2 Å². The van der Waals surface area contributed by atoms with E-state index < -0.39 is 23.7 Å². The zero-order valence-electron chi connectivity index (χ0n) is 16.8. The number of oxazole rings is 1. The summed E-state index contributed by atoms with van der Waals surface area (Å²) in [5, 5.41) is 2.48. The lowest BCUT2D eigenvalue weighted by atomic mass is 10.0. The summed E-state index contributed by atoms with van der Waals surface area (Å²) in [7, 11) is 0. The van der Waals surface area contributed by atoms with E-state index in [1.165, 1.54) is 17.0 Å². The molecule has 162 valence electrons. The van der Waals surface area contributed by atoms with Gasteiger partial charge in [-0.3, -0.25) is 0 Å². The van der Waals surface area contributed by atoms with Crippen LogP contribution in [0.2, 0.25) is 0 Å². The second-order valence-electron chi connectivity index (χ2n) is 7.62. The van der Waals surface area contributed by atoms with Gasteiger partial charge in [0.15, 0.2) is 5.58 Å². The smallest absolute Gasteiger partial charge is 0.322 e. The molecule has 0 aliphatic carbocycles. The molecular formula is C24H18F3N3O2. The van der Waals surface area contributed by atoms with Crippen molar-refractivity contribution in [3.05, 3.63) is 84.0 Å². The van der Waals surface area contributed by atoms with Gasteiger partial charge in [0, 0.05) is 18.2 Å². The van der Waals surface area contributed by atoms with Gasteiger partial charge in [-0.2, -0.15) is 0 Å². The van der Waals surface area contributed by atoms with Gasteiger partial charge in [-0.1, -0.05) is 24.3 Å². The van der Waals surface area contributed by atoms with Crippen molar-refractivity contribution < 1.29 is 22.4 Å². The number of fused-ring (bicyclic) bond motifs is 1. The number of rotatable bonds is 3. The fraction of sp³-hybridized carbons (Fsp3) is 0.167. The fourth-order valence-corrected chi connectivity index (χ4v) is 4.00. The quantitative estimate of drug-likeness (QED) is 0.410. The highest BCUT2D eigenvalue weighted by Crippen LogP contribution is 2.35. The van der Waals surface area contributed by atoms with Crippen molar-refractivity contribution in [2.24, 2.45) is 0 Å². The zero-order chi connectivity index (χ0) is 22.2. The molecule has 8 heteroatoms. The molecule has 0 unspecified atom stereocenters. The van der Waals surface area contributed by atoms with E-state index in [0.29, 0.717) is 47.1 Å². The van der Waals surface area contributed by atoms with E-state index in [-0.39, 0.29) is 11.5 Å². The monoisotopic (exact) mass is 437 g/mol. The number of nitrogens with zero attached hydrogens (tertiary/aromatic N) is 2. The second kappa shape index (κ2) is 8.03. The highest BCUT2D eigenvalue weighted by Gasteiger charge is 2.34. The minimum Gasteiger partial charge on any atom is -0.438 e. The average molecular weight is 437 g/mol. The SMILES string of the molecule is O=C(Nc1ccc(F)cc1F)N1CCC[C@H]1c1nc2cc(-c3ccccc3F)ccc2o1. The molecule has 32 heavy (non-hydrogen) atoms. The van der Waals surface area contributed by atoms with Crippen LogP contribution in [0.5, 0.6) is 0 Å². The molecule has 3 aromatic carbocycles. The summed E-state index contributed by atoms with van der Waals surface area (Å²) in [6, 6.07) is 13.7. The first kappa shape index (κ1) is 20.1. The molecule has 2 amide bonds. The number of nitrogens with one attached hydrogen (secondary N) is 1. The molecule has 5 nitrogen and oxygen atoms in total. The summed E-state index contributed by atoms with van der Waals surface area (Å²) < 4.78 is 47.1. The van der Waals surface area contributed by atoms with Crippen LogP contribution in [0.15, 0.2) is 65.1 Å². The summed E-state index contributed by atoms with van der Waals surface area (Å²) in [5.74, 6) is -1.54. The number of likely N-dealkylation sites (tertiary alicyclic amines) is 1. The topological polar surface area (TPSA) is 58.4 Å². The third-order valence-electron chi connectivity index (χ3n) is 5.56. The summed E-state index contributed by atoms with van der Waals surface area (Å²) in [4.78, 5) is 18.8. The first-order valence-electron chi connectivity index (χ1n) is 10.2. The van der Waals surface area contributed by atoms with Crippen molar-refractivity contribution >= 4 is 22.8 Å². The minimum atomic E-state index is -0.850. The van der Waals surface area contributed by atoms with Gasteiger partial charge in [-0.15, -0.1) is 0 Å². The van der Waals surface area contributed by atoms with Crippen molar-refractivity contribution in [1.29, 1.82) is 0 Å². The van der Waals surface area contributed by atoms with E-state index >= 15 is 0 Å². The summed E-state index contributed by atoms with van der Waals surface area (Å²) in [6.45, 7) is 0.443. The van der Waals surface area contributed by atoms with E-state index in [4.69, 9.17) is 4.42 Å². The van der Waals surface area contributed by atoms with E-state index in [2.05, 4.69) is 10.3 Å². The molecule has 0 radical (unpaired) electrons. The molecule has 0 saturated carbocycles. The fourth-order valence-electron chi connectivity index (χ4n) is 4.00. The maximum atomic E-state index is 14.2. The van der Waals surface area contributed by atoms with E-state index in [9.17, 15) is 18.0 Å². The standard InChI is InChI=1S/C24H18F3N3O2/c25-15-8-9-19(18(27)13-15)29-24(31)30-11-3-6-21(30)23-28-20-12-14(7-10-22(20)32-23)16-4-1-2-5-17(16)26/h1-2,4-5,7-10,12-13,21H,3,6,11H2,(H,29,31)/t21-/m0/s1. The summed E-state index contributed by atoms with van der Waals surface area (Å²) >= 11 is 0. The van der Waals surface area contributed by atoms with Crippen molar-refractivity contribution in [2.45, 2.75) is 18.9 Å². The molecule has 0 bridgehead atoms. The molecule has 1 saturated heterocycles. The molecule has 2 heterocycles. The van der Waals surface area contributed by atoms with Gasteiger partial charge in [0.2, 0.25) is 5.89 Å². The molecule has 1 atom stereocenters. The van der Waals surface area contributed by atoms with E-state index in [1.807, 2.05) is 0 Å². The van der Waals surface area contributed by atoms with Gasteiger partial charge in [0.1, 0.15) is 29.0 Å². The van der Waals surface area contributed by atoms with Crippen LogP contribution in [0.4, 0.5) is 23.7 Å². The Morgan fingerprint density at radius 1 is 1.03 bits per heavy atom. The highest BCUT2D eigenvalue weighted by molar-refractivity contribution is 5.90. The van der Waals surface area contributed by atoms with E-state index in [1.54, 1.807) is 36.4 Å². The zero-order valence-corrected chi connectivity index (χ0v) is 16.8. The third kappa shape index (κ3) is 3.68. The van der Waals surface area contributed by atoms with Gasteiger partial charge in [-0.05, 0) is 48.7 Å². The van der Waals surface area contributed by atoms with Crippen LogP contribution in [-0.4, -0.2) is 22.5 Å². The number of halogens is 3. The van der Waals surface area contributed by atoms with Crippen LogP contribution in [0.3, 0.4) is 0 Å². The predicted octanol–water partition coefficient (Wildman–Crippen LogP) is 6.28. The molecule has 4 aromatic rings. The Balaban J connectivity index is 1.41. The van der Waals surface area contributed by atoms with Gasteiger partial charge >= 0.3 is 6.03 Å². The van der Waals surface area contributed by atoms with Gasteiger partial charge in [0.25, 0.3) is 0 Å². The molecule has 1 aliphatic heterocycles. The molecule has 0 spiro atoms. The molecule has 1 N–H and O–H groups in total. The van der Waals surface area contributed by atoms with Crippen LogP contribution in [-0.2, 0) is 0 Å².